The van der Waals surface area contributed by atoms with Gasteiger partial charge in [0, 0.05) is 31.7 Å². The van der Waals surface area contributed by atoms with Crippen molar-refractivity contribution in [3.05, 3.63) is 48.2 Å². The Balaban J connectivity index is 1.44. The normalized spacial score (nSPS) is 15.8. The van der Waals surface area contributed by atoms with Crippen LogP contribution in [0.25, 0.3) is 0 Å². The maximum atomic E-state index is 12.1. The van der Waals surface area contributed by atoms with Gasteiger partial charge in [0.15, 0.2) is 0 Å². The second-order valence-electron chi connectivity index (χ2n) is 6.63. The quantitative estimate of drug-likeness (QED) is 0.817. The average Bonchev–Trinajstić information content (AvgIpc) is 2.70. The van der Waals surface area contributed by atoms with E-state index in [1.807, 2.05) is 31.2 Å². The summed E-state index contributed by atoms with van der Waals surface area (Å²) >= 11 is 0. The van der Waals surface area contributed by atoms with Gasteiger partial charge in [-0.2, -0.15) is 0 Å². The Morgan fingerprint density at radius 3 is 2.63 bits per heavy atom. The SMILES string of the molecule is Cc1ccc(Oc2ccc(NC(=O)NCC(C)N3CCOCC3)cn2)cc1. The van der Waals surface area contributed by atoms with Crippen molar-refractivity contribution in [2.24, 2.45) is 0 Å². The van der Waals surface area contributed by atoms with E-state index < -0.39 is 0 Å². The van der Waals surface area contributed by atoms with Crippen LogP contribution in [0.3, 0.4) is 0 Å². The molecule has 1 saturated heterocycles. The number of aryl methyl sites for hydroxylation is 1. The zero-order valence-corrected chi connectivity index (χ0v) is 15.8. The van der Waals surface area contributed by atoms with Crippen LogP contribution in [0, 0.1) is 6.92 Å². The molecule has 0 saturated carbocycles. The monoisotopic (exact) mass is 370 g/mol. The van der Waals surface area contributed by atoms with Crippen LogP contribution < -0.4 is 15.4 Å². The number of rotatable bonds is 6. The van der Waals surface area contributed by atoms with Gasteiger partial charge < -0.3 is 20.1 Å². The van der Waals surface area contributed by atoms with Gasteiger partial charge in [-0.05, 0) is 32.0 Å². The van der Waals surface area contributed by atoms with Gasteiger partial charge in [-0.3, -0.25) is 4.90 Å². The van der Waals surface area contributed by atoms with Crippen LogP contribution >= 0.6 is 0 Å². The van der Waals surface area contributed by atoms with Gasteiger partial charge in [-0.15, -0.1) is 0 Å². The molecule has 1 atom stereocenters. The molecule has 1 fully saturated rings. The second-order valence-corrected chi connectivity index (χ2v) is 6.63. The van der Waals surface area contributed by atoms with Crippen LogP contribution in [0.5, 0.6) is 11.6 Å². The Kier molecular flexibility index (Phi) is 6.62. The molecule has 1 aliphatic rings. The first-order valence-electron chi connectivity index (χ1n) is 9.17. The third-order valence-electron chi connectivity index (χ3n) is 4.46. The average molecular weight is 370 g/mol. The number of amides is 2. The highest BCUT2D eigenvalue weighted by Gasteiger charge is 2.17. The van der Waals surface area contributed by atoms with Crippen LogP contribution in [0.1, 0.15) is 12.5 Å². The number of aromatic nitrogens is 1. The summed E-state index contributed by atoms with van der Waals surface area (Å²) < 4.78 is 11.0. The molecule has 1 aromatic heterocycles. The number of pyridine rings is 1. The first-order valence-corrected chi connectivity index (χ1v) is 9.17. The first kappa shape index (κ1) is 19.1. The van der Waals surface area contributed by atoms with Crippen molar-refractivity contribution in [3.8, 4) is 11.6 Å². The Morgan fingerprint density at radius 2 is 1.96 bits per heavy atom. The summed E-state index contributed by atoms with van der Waals surface area (Å²) in [6.45, 7) is 8.00. The van der Waals surface area contributed by atoms with Gasteiger partial charge in [0.2, 0.25) is 5.88 Å². The van der Waals surface area contributed by atoms with Gasteiger partial charge in [0.05, 0.1) is 25.1 Å². The van der Waals surface area contributed by atoms with Gasteiger partial charge in [0.25, 0.3) is 0 Å². The highest BCUT2D eigenvalue weighted by Crippen LogP contribution is 2.20. The minimum absolute atomic E-state index is 0.246. The molecule has 7 heteroatoms. The lowest BCUT2D eigenvalue weighted by atomic mass is 10.2. The number of nitrogens with zero attached hydrogens (tertiary/aromatic N) is 2. The molecule has 0 bridgehead atoms. The van der Waals surface area contributed by atoms with Crippen molar-refractivity contribution in [2.75, 3.05) is 38.2 Å². The summed E-state index contributed by atoms with van der Waals surface area (Å²) in [6, 6.07) is 11.3. The highest BCUT2D eigenvalue weighted by molar-refractivity contribution is 5.89. The van der Waals surface area contributed by atoms with E-state index >= 15 is 0 Å². The number of benzene rings is 1. The molecule has 144 valence electrons. The number of hydrogen-bond donors (Lipinski definition) is 2. The molecule has 27 heavy (non-hydrogen) atoms. The number of urea groups is 1. The molecule has 2 heterocycles. The summed E-state index contributed by atoms with van der Waals surface area (Å²) in [4.78, 5) is 18.6. The molecule has 0 aliphatic carbocycles. The molecule has 2 N–H and O–H groups in total. The third-order valence-corrected chi connectivity index (χ3v) is 4.46. The van der Waals surface area contributed by atoms with E-state index in [4.69, 9.17) is 9.47 Å². The summed E-state index contributed by atoms with van der Waals surface area (Å²) in [5, 5.41) is 5.68. The molecule has 1 aliphatic heterocycles. The topological polar surface area (TPSA) is 75.7 Å². The number of morpholine rings is 1. The predicted molar refractivity (Wildman–Crippen MR) is 104 cm³/mol. The molecular weight excluding hydrogens is 344 g/mol. The lowest BCUT2D eigenvalue weighted by molar-refractivity contribution is 0.0209. The van der Waals surface area contributed by atoms with Crippen molar-refractivity contribution >= 4 is 11.7 Å². The standard InChI is InChI=1S/C20H26N4O3/c1-15-3-6-18(7-4-15)27-19-8-5-17(14-21-19)23-20(25)22-13-16(2)24-9-11-26-12-10-24/h3-8,14,16H,9-13H2,1-2H3,(H2,22,23,25). The lowest BCUT2D eigenvalue weighted by Gasteiger charge is -2.32. The molecule has 7 nitrogen and oxygen atoms in total. The maximum Gasteiger partial charge on any atom is 0.319 e. The highest BCUT2D eigenvalue weighted by atomic mass is 16.5. The van der Waals surface area contributed by atoms with Crippen molar-refractivity contribution in [2.45, 2.75) is 19.9 Å². The Hall–Kier alpha value is -2.64. The van der Waals surface area contributed by atoms with Crippen molar-refractivity contribution in [1.29, 1.82) is 0 Å². The van der Waals surface area contributed by atoms with E-state index in [0.717, 1.165) is 32.1 Å². The fourth-order valence-electron chi connectivity index (χ4n) is 2.80. The first-order chi connectivity index (χ1) is 13.1. The number of hydrogen-bond acceptors (Lipinski definition) is 5. The van der Waals surface area contributed by atoms with Crippen molar-refractivity contribution < 1.29 is 14.3 Å². The maximum absolute atomic E-state index is 12.1. The summed E-state index contributed by atoms with van der Waals surface area (Å²) in [7, 11) is 0. The molecule has 2 aromatic rings. The number of carbonyl (C=O) groups excluding carboxylic acids is 1. The number of ether oxygens (including phenoxy) is 2. The summed E-state index contributed by atoms with van der Waals surface area (Å²) in [5.41, 5.74) is 1.78. The molecule has 3 rings (SSSR count). The molecule has 0 radical (unpaired) electrons. The van der Waals surface area contributed by atoms with E-state index in [1.54, 1.807) is 18.3 Å². The largest absolute Gasteiger partial charge is 0.439 e. The third kappa shape index (κ3) is 5.94. The molecule has 1 aromatic carbocycles. The number of carbonyl (C=O) groups is 1. The lowest BCUT2D eigenvalue weighted by Crippen LogP contribution is -2.47. The van der Waals surface area contributed by atoms with Crippen LogP contribution in [0.4, 0.5) is 10.5 Å². The van der Waals surface area contributed by atoms with Crippen molar-refractivity contribution in [3.63, 3.8) is 0 Å². The van der Waals surface area contributed by atoms with E-state index in [2.05, 4.69) is 27.4 Å². The smallest absolute Gasteiger partial charge is 0.319 e. The Bertz CT molecular complexity index is 728. The summed E-state index contributed by atoms with van der Waals surface area (Å²) in [5.74, 6) is 1.20. The fraction of sp³-hybridized carbons (Fsp3) is 0.400. The van der Waals surface area contributed by atoms with E-state index in [-0.39, 0.29) is 12.1 Å². The van der Waals surface area contributed by atoms with Gasteiger partial charge >= 0.3 is 6.03 Å². The zero-order chi connectivity index (χ0) is 19.1. The minimum Gasteiger partial charge on any atom is -0.439 e. The van der Waals surface area contributed by atoms with Gasteiger partial charge in [-0.1, -0.05) is 17.7 Å². The van der Waals surface area contributed by atoms with E-state index in [9.17, 15) is 4.79 Å². The van der Waals surface area contributed by atoms with Crippen LogP contribution in [0.15, 0.2) is 42.6 Å². The van der Waals surface area contributed by atoms with Crippen LogP contribution in [-0.4, -0.2) is 54.8 Å². The number of anilines is 1. The fourth-order valence-corrected chi connectivity index (χ4v) is 2.80. The predicted octanol–water partition coefficient (Wildman–Crippen LogP) is 3.02. The minimum atomic E-state index is -0.246. The van der Waals surface area contributed by atoms with Gasteiger partial charge in [-0.25, -0.2) is 9.78 Å². The van der Waals surface area contributed by atoms with Crippen LogP contribution in [0.2, 0.25) is 0 Å². The molecule has 1 unspecified atom stereocenters. The molecular formula is C20H26N4O3. The van der Waals surface area contributed by atoms with Crippen molar-refractivity contribution in [1.82, 2.24) is 15.2 Å². The van der Waals surface area contributed by atoms with E-state index in [0.29, 0.717) is 18.1 Å². The summed E-state index contributed by atoms with van der Waals surface area (Å²) in [6.07, 6.45) is 1.58. The molecule has 2 amide bonds. The zero-order valence-electron chi connectivity index (χ0n) is 15.8. The Labute approximate surface area is 159 Å². The van der Waals surface area contributed by atoms with E-state index in [1.165, 1.54) is 5.56 Å². The Morgan fingerprint density at radius 1 is 1.22 bits per heavy atom. The van der Waals surface area contributed by atoms with Gasteiger partial charge in [0.1, 0.15) is 5.75 Å². The molecule has 0 spiro atoms. The van der Waals surface area contributed by atoms with Crippen LogP contribution in [-0.2, 0) is 4.74 Å². The second kappa shape index (κ2) is 9.34. The number of nitrogens with one attached hydrogen (secondary N) is 2.